The zero-order valence-electron chi connectivity index (χ0n) is 11.4. The van der Waals surface area contributed by atoms with Crippen LogP contribution in [0.5, 0.6) is 5.75 Å². The molecule has 0 saturated heterocycles. The second kappa shape index (κ2) is 4.00. The zero-order chi connectivity index (χ0) is 12.9. The third-order valence-corrected chi connectivity index (χ3v) is 3.68. The SMILES string of the molecule is CCC1OB2OC(C)(C)COc3ccc(C)c1c32. The molecule has 0 amide bonds. The molecule has 0 bridgehead atoms. The van der Waals surface area contributed by atoms with Gasteiger partial charge in [0.2, 0.25) is 0 Å². The van der Waals surface area contributed by atoms with E-state index in [9.17, 15) is 0 Å². The van der Waals surface area contributed by atoms with Crippen LogP contribution in [0.15, 0.2) is 12.1 Å². The number of hydrogen-bond donors (Lipinski definition) is 0. The fraction of sp³-hybridized carbons (Fsp3) is 0.571. The molecule has 1 aromatic rings. The maximum Gasteiger partial charge on any atom is 0.499 e. The Labute approximate surface area is 109 Å². The monoisotopic (exact) mass is 246 g/mol. The van der Waals surface area contributed by atoms with Gasteiger partial charge in [-0.25, -0.2) is 0 Å². The smallest absolute Gasteiger partial charge is 0.491 e. The first-order chi connectivity index (χ1) is 8.52. The third kappa shape index (κ3) is 1.75. The van der Waals surface area contributed by atoms with Gasteiger partial charge in [-0.05, 0) is 44.4 Å². The molecule has 0 fully saturated rings. The van der Waals surface area contributed by atoms with Crippen molar-refractivity contribution in [2.45, 2.75) is 45.8 Å². The van der Waals surface area contributed by atoms with E-state index in [0.717, 1.165) is 17.6 Å². The Morgan fingerprint density at radius 1 is 1.39 bits per heavy atom. The van der Waals surface area contributed by atoms with Crippen LogP contribution in [0.1, 0.15) is 44.4 Å². The van der Waals surface area contributed by atoms with E-state index in [-0.39, 0.29) is 18.8 Å². The van der Waals surface area contributed by atoms with Crippen LogP contribution in [0, 0.1) is 6.92 Å². The van der Waals surface area contributed by atoms with Gasteiger partial charge in [0.1, 0.15) is 12.4 Å². The Balaban J connectivity index is 2.13. The highest BCUT2D eigenvalue weighted by atomic mass is 16.6. The van der Waals surface area contributed by atoms with Crippen LogP contribution < -0.4 is 10.2 Å². The van der Waals surface area contributed by atoms with E-state index < -0.39 is 0 Å². The van der Waals surface area contributed by atoms with E-state index >= 15 is 0 Å². The van der Waals surface area contributed by atoms with E-state index in [4.69, 9.17) is 14.0 Å². The molecule has 2 aliphatic heterocycles. The summed E-state index contributed by atoms with van der Waals surface area (Å²) >= 11 is 0. The summed E-state index contributed by atoms with van der Waals surface area (Å²) in [4.78, 5) is 0. The number of hydrogen-bond acceptors (Lipinski definition) is 3. The van der Waals surface area contributed by atoms with E-state index in [1.165, 1.54) is 11.1 Å². The molecular weight excluding hydrogens is 227 g/mol. The molecule has 0 aromatic heterocycles. The molecule has 1 aromatic carbocycles. The molecule has 2 aliphatic rings. The van der Waals surface area contributed by atoms with Crippen molar-refractivity contribution in [3.05, 3.63) is 23.3 Å². The molecule has 0 saturated carbocycles. The Morgan fingerprint density at radius 2 is 2.17 bits per heavy atom. The quantitative estimate of drug-likeness (QED) is 0.712. The lowest BCUT2D eigenvalue weighted by Gasteiger charge is -2.25. The van der Waals surface area contributed by atoms with Crippen LogP contribution >= 0.6 is 0 Å². The lowest BCUT2D eigenvalue weighted by molar-refractivity contribution is 0.0268. The normalized spacial score (nSPS) is 24.4. The highest BCUT2D eigenvalue weighted by Gasteiger charge is 2.45. The lowest BCUT2D eigenvalue weighted by Crippen LogP contribution is -2.40. The molecular formula is C14H19BO3. The topological polar surface area (TPSA) is 27.7 Å². The third-order valence-electron chi connectivity index (χ3n) is 3.68. The maximum absolute atomic E-state index is 6.07. The first-order valence-corrected chi connectivity index (χ1v) is 6.61. The zero-order valence-corrected chi connectivity index (χ0v) is 11.4. The first kappa shape index (κ1) is 12.1. The summed E-state index contributed by atoms with van der Waals surface area (Å²) in [7, 11) is -0.280. The summed E-state index contributed by atoms with van der Waals surface area (Å²) in [6.07, 6.45) is 1.08. The van der Waals surface area contributed by atoms with E-state index in [2.05, 4.69) is 19.9 Å². The van der Waals surface area contributed by atoms with Crippen molar-refractivity contribution in [3.63, 3.8) is 0 Å². The van der Waals surface area contributed by atoms with Gasteiger partial charge in [-0.3, -0.25) is 0 Å². The second-order valence-corrected chi connectivity index (χ2v) is 5.74. The van der Waals surface area contributed by atoms with Crippen molar-refractivity contribution < 1.29 is 14.0 Å². The summed E-state index contributed by atoms with van der Waals surface area (Å²) in [6.45, 7) is 8.89. The van der Waals surface area contributed by atoms with Gasteiger partial charge in [0.05, 0.1) is 11.7 Å². The van der Waals surface area contributed by atoms with E-state index in [1.54, 1.807) is 0 Å². The summed E-state index contributed by atoms with van der Waals surface area (Å²) < 4.78 is 18.0. The Hall–Kier alpha value is -0.995. The molecule has 1 atom stereocenters. The van der Waals surface area contributed by atoms with Gasteiger partial charge in [-0.15, -0.1) is 0 Å². The minimum Gasteiger partial charge on any atom is -0.491 e. The van der Waals surface area contributed by atoms with Gasteiger partial charge >= 0.3 is 7.12 Å². The fourth-order valence-corrected chi connectivity index (χ4v) is 2.77. The average molecular weight is 246 g/mol. The van der Waals surface area contributed by atoms with Crippen LogP contribution in [0.4, 0.5) is 0 Å². The van der Waals surface area contributed by atoms with Gasteiger partial charge in [-0.2, -0.15) is 0 Å². The number of rotatable bonds is 1. The number of aryl methyl sites for hydroxylation is 1. The standard InChI is InChI=1S/C14H19BO3/c1-5-10-12-9(2)6-7-11-13(12)15(17-10)18-14(3,4)8-16-11/h6-7,10H,5,8H2,1-4H3. The molecule has 0 aliphatic carbocycles. The Kier molecular flexibility index (Phi) is 2.68. The Morgan fingerprint density at radius 3 is 2.89 bits per heavy atom. The van der Waals surface area contributed by atoms with E-state index in [0.29, 0.717) is 6.61 Å². The highest BCUT2D eigenvalue weighted by Crippen LogP contribution is 2.36. The predicted molar refractivity (Wildman–Crippen MR) is 71.3 cm³/mol. The molecule has 1 unspecified atom stereocenters. The summed E-state index contributed by atoms with van der Waals surface area (Å²) in [5.41, 5.74) is 3.30. The molecule has 18 heavy (non-hydrogen) atoms. The van der Waals surface area contributed by atoms with Crippen molar-refractivity contribution in [3.8, 4) is 5.75 Å². The molecule has 96 valence electrons. The van der Waals surface area contributed by atoms with Crippen LogP contribution in [-0.2, 0) is 9.31 Å². The second-order valence-electron chi connectivity index (χ2n) is 5.74. The minimum atomic E-state index is -0.322. The number of ether oxygens (including phenoxy) is 1. The number of benzene rings is 1. The maximum atomic E-state index is 6.07. The van der Waals surface area contributed by atoms with Crippen LogP contribution in [0.25, 0.3) is 0 Å². The van der Waals surface area contributed by atoms with Crippen molar-refractivity contribution in [2.75, 3.05) is 6.61 Å². The lowest BCUT2D eigenvalue weighted by atomic mass is 9.76. The molecule has 0 N–H and O–H groups in total. The van der Waals surface area contributed by atoms with Crippen molar-refractivity contribution in [1.29, 1.82) is 0 Å². The summed E-state index contributed by atoms with van der Waals surface area (Å²) in [6, 6.07) is 4.15. The first-order valence-electron chi connectivity index (χ1n) is 6.61. The van der Waals surface area contributed by atoms with Crippen molar-refractivity contribution >= 4 is 12.6 Å². The largest absolute Gasteiger partial charge is 0.499 e. The van der Waals surface area contributed by atoms with Gasteiger partial charge in [0.25, 0.3) is 0 Å². The van der Waals surface area contributed by atoms with Crippen LogP contribution in [-0.4, -0.2) is 19.3 Å². The highest BCUT2D eigenvalue weighted by molar-refractivity contribution is 6.64. The van der Waals surface area contributed by atoms with Gasteiger partial charge < -0.3 is 14.0 Å². The van der Waals surface area contributed by atoms with Crippen LogP contribution in [0.2, 0.25) is 0 Å². The minimum absolute atomic E-state index is 0.127. The predicted octanol–water partition coefficient (Wildman–Crippen LogP) is 2.36. The molecule has 2 heterocycles. The van der Waals surface area contributed by atoms with Crippen LogP contribution in [0.3, 0.4) is 0 Å². The van der Waals surface area contributed by atoms with Crippen molar-refractivity contribution in [2.24, 2.45) is 0 Å². The fourth-order valence-electron chi connectivity index (χ4n) is 2.77. The molecule has 0 radical (unpaired) electrons. The van der Waals surface area contributed by atoms with Crippen molar-refractivity contribution in [1.82, 2.24) is 0 Å². The molecule has 4 heteroatoms. The summed E-state index contributed by atoms with van der Waals surface area (Å²) in [5, 5.41) is 0. The molecule has 0 spiro atoms. The van der Waals surface area contributed by atoms with Gasteiger partial charge in [0.15, 0.2) is 0 Å². The molecule has 3 rings (SSSR count). The molecule has 3 nitrogen and oxygen atoms in total. The van der Waals surface area contributed by atoms with Gasteiger partial charge in [0, 0.05) is 5.46 Å². The van der Waals surface area contributed by atoms with Gasteiger partial charge in [-0.1, -0.05) is 13.0 Å². The Bertz CT molecular complexity index is 484. The summed E-state index contributed by atoms with van der Waals surface area (Å²) in [5.74, 6) is 0.919. The van der Waals surface area contributed by atoms with E-state index in [1.807, 2.05) is 19.9 Å². The average Bonchev–Trinajstić information content (AvgIpc) is 2.61.